The van der Waals surface area contributed by atoms with E-state index in [0.717, 1.165) is 24.9 Å². The van der Waals surface area contributed by atoms with Crippen molar-refractivity contribution in [1.29, 1.82) is 0 Å². The molecule has 5 rings (SSSR count). The molecule has 39 heavy (non-hydrogen) atoms. The standard InChI is InChI=1S/C29H37N3O7/c1-4-31(2)9-7-28-13-17-11-16-10-15(18-6-5-8-32(18)3)12-19(33)21(16)24(35)22(17)25(36)29(28,39)26(37)23(27(30)38)20(34)14-28/h10,12,17-18,33-34,36,39H,4-9,11,13-14H2,1-3H3,(H2,30,38)/t17?,18?,28-,29-/m0/s1. The van der Waals surface area contributed by atoms with Crippen molar-refractivity contribution < 1.29 is 34.8 Å². The number of amides is 1. The highest BCUT2D eigenvalue weighted by molar-refractivity contribution is 6.24. The summed E-state index contributed by atoms with van der Waals surface area (Å²) in [6.07, 6.45) is 2.35. The molecule has 1 aliphatic heterocycles. The van der Waals surface area contributed by atoms with Gasteiger partial charge in [-0.05, 0) is 88.9 Å². The zero-order valence-electron chi connectivity index (χ0n) is 22.7. The Labute approximate surface area is 227 Å². The number of nitrogens with zero attached hydrogens (tertiary/aromatic N) is 2. The van der Waals surface area contributed by atoms with Crippen LogP contribution in [0.25, 0.3) is 0 Å². The van der Waals surface area contributed by atoms with Gasteiger partial charge in [0.25, 0.3) is 5.91 Å². The lowest BCUT2D eigenvalue weighted by molar-refractivity contribution is -0.160. The second kappa shape index (κ2) is 9.46. The Kier molecular flexibility index (Phi) is 6.64. The second-order valence-electron chi connectivity index (χ2n) is 11.7. The molecule has 2 unspecified atom stereocenters. The lowest BCUT2D eigenvalue weighted by Gasteiger charge is -2.54. The molecule has 3 aliphatic carbocycles. The van der Waals surface area contributed by atoms with E-state index in [1.807, 2.05) is 32.0 Å². The maximum absolute atomic E-state index is 13.8. The van der Waals surface area contributed by atoms with Gasteiger partial charge in [-0.1, -0.05) is 13.0 Å². The fourth-order valence-corrected chi connectivity index (χ4v) is 7.34. The number of carbonyl (C=O) groups excluding carboxylic acids is 3. The minimum Gasteiger partial charge on any atom is -0.511 e. The molecule has 10 nitrogen and oxygen atoms in total. The lowest BCUT2D eigenvalue weighted by atomic mass is 9.51. The van der Waals surface area contributed by atoms with Crippen molar-refractivity contribution in [3.63, 3.8) is 0 Å². The van der Waals surface area contributed by atoms with E-state index in [2.05, 4.69) is 4.90 Å². The van der Waals surface area contributed by atoms with E-state index in [0.29, 0.717) is 25.1 Å². The number of phenolic OH excluding ortho intramolecular Hbond substituents is 1. The Morgan fingerprint density at radius 3 is 2.56 bits per heavy atom. The molecule has 1 saturated heterocycles. The van der Waals surface area contributed by atoms with Gasteiger partial charge >= 0.3 is 0 Å². The number of rotatable bonds is 6. The summed E-state index contributed by atoms with van der Waals surface area (Å²) in [5, 5.41) is 45.4. The van der Waals surface area contributed by atoms with E-state index < -0.39 is 51.5 Å². The number of ketones is 2. The summed E-state index contributed by atoms with van der Waals surface area (Å²) in [4.78, 5) is 43.7. The summed E-state index contributed by atoms with van der Waals surface area (Å²) < 4.78 is 0. The van der Waals surface area contributed by atoms with Crippen LogP contribution in [0.2, 0.25) is 0 Å². The van der Waals surface area contributed by atoms with Crippen molar-refractivity contribution in [2.45, 2.75) is 57.1 Å². The third kappa shape index (κ3) is 3.91. The molecule has 4 aliphatic rings. The maximum atomic E-state index is 13.8. The minimum atomic E-state index is -2.63. The van der Waals surface area contributed by atoms with E-state index in [9.17, 15) is 34.8 Å². The molecule has 1 aromatic rings. The number of primary amides is 1. The van der Waals surface area contributed by atoms with E-state index in [1.54, 1.807) is 6.07 Å². The normalized spacial score (nSPS) is 31.0. The Hall–Kier alpha value is -3.21. The number of hydrogen-bond donors (Lipinski definition) is 5. The molecule has 1 heterocycles. The number of aromatic hydroxyl groups is 1. The predicted octanol–water partition coefficient (Wildman–Crippen LogP) is 2.06. The molecule has 0 bridgehead atoms. The van der Waals surface area contributed by atoms with Gasteiger partial charge in [0, 0.05) is 23.5 Å². The second-order valence-corrected chi connectivity index (χ2v) is 11.7. The van der Waals surface area contributed by atoms with Crippen LogP contribution in [-0.2, 0) is 16.0 Å². The van der Waals surface area contributed by atoms with Crippen molar-refractivity contribution in [2.75, 3.05) is 33.7 Å². The van der Waals surface area contributed by atoms with Gasteiger partial charge in [-0.15, -0.1) is 0 Å². The van der Waals surface area contributed by atoms with Gasteiger partial charge in [0.05, 0.1) is 5.56 Å². The summed E-state index contributed by atoms with van der Waals surface area (Å²) in [6, 6.07) is 3.65. The zero-order chi connectivity index (χ0) is 28.4. The first-order valence-electron chi connectivity index (χ1n) is 13.6. The fourth-order valence-electron chi connectivity index (χ4n) is 7.34. The molecule has 1 fully saturated rings. The van der Waals surface area contributed by atoms with Gasteiger partial charge < -0.3 is 31.1 Å². The number of hydrogen-bond acceptors (Lipinski definition) is 9. The fraction of sp³-hybridized carbons (Fsp3) is 0.552. The highest BCUT2D eigenvalue weighted by Gasteiger charge is 2.67. The molecule has 0 radical (unpaired) electrons. The molecule has 0 aromatic heterocycles. The summed E-state index contributed by atoms with van der Waals surface area (Å²) in [6.45, 7) is 4.02. The van der Waals surface area contributed by atoms with Gasteiger partial charge in [-0.3, -0.25) is 19.3 Å². The van der Waals surface area contributed by atoms with Gasteiger partial charge in [0.2, 0.25) is 5.78 Å². The average Bonchev–Trinajstić information content (AvgIpc) is 3.30. The number of fused-ring (bicyclic) bond motifs is 3. The van der Waals surface area contributed by atoms with Crippen LogP contribution in [0, 0.1) is 11.3 Å². The Morgan fingerprint density at radius 1 is 1.23 bits per heavy atom. The maximum Gasteiger partial charge on any atom is 0.255 e. The number of carbonyl (C=O) groups is 3. The van der Waals surface area contributed by atoms with Gasteiger partial charge in [-0.25, -0.2) is 0 Å². The summed E-state index contributed by atoms with van der Waals surface area (Å²) in [5.74, 6) is -5.17. The molecule has 0 saturated carbocycles. The summed E-state index contributed by atoms with van der Waals surface area (Å²) >= 11 is 0. The largest absolute Gasteiger partial charge is 0.511 e. The van der Waals surface area contributed by atoms with Crippen LogP contribution < -0.4 is 5.73 Å². The number of benzene rings is 1. The highest BCUT2D eigenvalue weighted by Crippen LogP contribution is 2.59. The van der Waals surface area contributed by atoms with E-state index in [1.165, 1.54) is 0 Å². The molecule has 10 heteroatoms. The molecule has 1 aromatic carbocycles. The topological polar surface area (TPSA) is 165 Å². The monoisotopic (exact) mass is 539 g/mol. The molecule has 1 amide bonds. The Bertz CT molecular complexity index is 1330. The third-order valence-corrected chi connectivity index (χ3v) is 9.58. The number of aliphatic hydroxyl groups excluding tert-OH is 2. The van der Waals surface area contributed by atoms with Crippen molar-refractivity contribution in [3.8, 4) is 5.75 Å². The van der Waals surface area contributed by atoms with Crippen LogP contribution in [-0.4, -0.2) is 87.0 Å². The Morgan fingerprint density at radius 2 is 1.95 bits per heavy atom. The summed E-state index contributed by atoms with van der Waals surface area (Å²) in [7, 11) is 3.90. The quantitative estimate of drug-likeness (QED) is 0.340. The average molecular weight is 540 g/mol. The number of aliphatic hydroxyl groups is 3. The van der Waals surface area contributed by atoms with Crippen LogP contribution in [0.1, 0.15) is 66.6 Å². The van der Waals surface area contributed by atoms with Crippen molar-refractivity contribution >= 4 is 17.5 Å². The van der Waals surface area contributed by atoms with Gasteiger partial charge in [-0.2, -0.15) is 0 Å². The molecular formula is C29H37N3O7. The number of Topliss-reactive ketones (excluding diaryl/α,β-unsaturated/α-hetero) is 2. The molecule has 4 atom stereocenters. The SMILES string of the molecule is CCN(C)CC[C@]12CC(O)=C(C(N)=O)C(=O)[C@@]1(O)C(O)=C1C(=O)c3c(O)cc(C4CCCN4C)cc3CC1C2. The van der Waals surface area contributed by atoms with Crippen molar-refractivity contribution in [3.05, 3.63) is 51.5 Å². The van der Waals surface area contributed by atoms with Gasteiger partial charge in [0.15, 0.2) is 11.4 Å². The lowest BCUT2D eigenvalue weighted by Crippen LogP contribution is -2.64. The molecule has 6 N–H and O–H groups in total. The van der Waals surface area contributed by atoms with Crippen LogP contribution in [0.3, 0.4) is 0 Å². The number of allylic oxidation sites excluding steroid dienone is 2. The first-order chi connectivity index (χ1) is 18.4. The smallest absolute Gasteiger partial charge is 0.255 e. The van der Waals surface area contributed by atoms with Crippen LogP contribution in [0.5, 0.6) is 5.75 Å². The zero-order valence-corrected chi connectivity index (χ0v) is 22.7. The van der Waals surface area contributed by atoms with Crippen LogP contribution >= 0.6 is 0 Å². The molecule has 210 valence electrons. The first-order valence-corrected chi connectivity index (χ1v) is 13.6. The van der Waals surface area contributed by atoms with E-state index in [-0.39, 0.29) is 42.2 Å². The van der Waals surface area contributed by atoms with Crippen LogP contribution in [0.4, 0.5) is 0 Å². The Balaban J connectivity index is 1.66. The van der Waals surface area contributed by atoms with Gasteiger partial charge in [0.1, 0.15) is 22.8 Å². The first kappa shape index (κ1) is 27.4. The van der Waals surface area contributed by atoms with Crippen LogP contribution in [0.15, 0.2) is 34.8 Å². The highest BCUT2D eigenvalue weighted by atomic mass is 16.3. The number of phenols is 1. The van der Waals surface area contributed by atoms with E-state index in [4.69, 9.17) is 5.73 Å². The van der Waals surface area contributed by atoms with Crippen molar-refractivity contribution in [2.24, 2.45) is 17.1 Å². The number of likely N-dealkylation sites (tertiary alicyclic amines) is 1. The number of nitrogens with two attached hydrogens (primary N) is 1. The predicted molar refractivity (Wildman–Crippen MR) is 142 cm³/mol. The summed E-state index contributed by atoms with van der Waals surface area (Å²) in [5.41, 5.74) is 2.10. The molecule has 0 spiro atoms. The molecular weight excluding hydrogens is 502 g/mol. The van der Waals surface area contributed by atoms with Crippen molar-refractivity contribution in [1.82, 2.24) is 9.80 Å². The van der Waals surface area contributed by atoms with E-state index >= 15 is 0 Å². The third-order valence-electron chi connectivity index (χ3n) is 9.58. The minimum absolute atomic E-state index is 0.0517.